The van der Waals surface area contributed by atoms with Gasteiger partial charge in [0.1, 0.15) is 12.4 Å². The maximum absolute atomic E-state index is 13.3. The Hall–Kier alpha value is -3.22. The van der Waals surface area contributed by atoms with Crippen LogP contribution in [0.2, 0.25) is 0 Å². The van der Waals surface area contributed by atoms with Crippen molar-refractivity contribution in [1.82, 2.24) is 4.90 Å². The Labute approximate surface area is 167 Å². The van der Waals surface area contributed by atoms with Gasteiger partial charge in [0.15, 0.2) is 0 Å². The van der Waals surface area contributed by atoms with Crippen LogP contribution >= 0.6 is 0 Å². The highest BCUT2D eigenvalue weighted by atomic mass is 19.1. The minimum atomic E-state index is -0.843. The highest BCUT2D eigenvalue weighted by Gasteiger charge is 2.30. The third-order valence-electron chi connectivity index (χ3n) is 5.06. The Balaban J connectivity index is 1.28. The number of halogens is 1. The Morgan fingerprint density at radius 1 is 1.14 bits per heavy atom. The van der Waals surface area contributed by atoms with Crippen molar-refractivity contribution in [3.05, 3.63) is 71.0 Å². The smallest absolute Gasteiger partial charge is 0.350 e. The van der Waals surface area contributed by atoms with Crippen LogP contribution in [0.15, 0.2) is 53.7 Å². The molecule has 1 atom stereocenters. The molecular formula is C22H21FN2O4. The summed E-state index contributed by atoms with van der Waals surface area (Å²) in [5.41, 5.74) is 2.50. The number of hydrogen-bond donors (Lipinski definition) is 0. The minimum Gasteiger partial charge on any atom is -0.458 e. The molecule has 4 rings (SSSR count). The summed E-state index contributed by atoms with van der Waals surface area (Å²) < 4.78 is 18.7. The maximum atomic E-state index is 13.3. The quantitative estimate of drug-likeness (QED) is 0.728. The summed E-state index contributed by atoms with van der Waals surface area (Å²) in [6, 6.07) is 13.0. The van der Waals surface area contributed by atoms with E-state index in [4.69, 9.17) is 9.57 Å². The molecule has 0 bridgehead atoms. The van der Waals surface area contributed by atoms with Crippen LogP contribution in [0.3, 0.4) is 0 Å². The van der Waals surface area contributed by atoms with Gasteiger partial charge in [0.05, 0.1) is 5.71 Å². The number of ether oxygens (including phenoxy) is 1. The second-order valence-corrected chi connectivity index (χ2v) is 7.15. The molecule has 0 N–H and O–H groups in total. The number of likely N-dealkylation sites (tertiary alicyclic amines) is 1. The van der Waals surface area contributed by atoms with E-state index in [0.29, 0.717) is 16.8 Å². The molecule has 2 heterocycles. The van der Waals surface area contributed by atoms with Crippen LogP contribution in [-0.2, 0) is 21.0 Å². The third-order valence-corrected chi connectivity index (χ3v) is 5.06. The van der Waals surface area contributed by atoms with E-state index in [1.165, 1.54) is 12.1 Å². The molecule has 1 fully saturated rings. The van der Waals surface area contributed by atoms with Gasteiger partial charge in [-0.25, -0.2) is 9.18 Å². The molecule has 150 valence electrons. The minimum absolute atomic E-state index is 0.0347. The molecule has 0 aromatic heterocycles. The van der Waals surface area contributed by atoms with Crippen molar-refractivity contribution in [2.75, 3.05) is 13.1 Å². The van der Waals surface area contributed by atoms with Gasteiger partial charge in [0, 0.05) is 30.6 Å². The van der Waals surface area contributed by atoms with Gasteiger partial charge >= 0.3 is 5.97 Å². The van der Waals surface area contributed by atoms with Crippen LogP contribution < -0.4 is 0 Å². The standard InChI is InChI=1S/C22H21FN2O4/c23-18-5-3-4-17(12-18)19-13-20(29-24-19)22(27)28-14-15-6-8-16(9-7-15)21(26)25-10-1-2-11-25/h3-9,12,20H,1-2,10-11,13-14H2. The molecule has 2 aliphatic rings. The van der Waals surface area contributed by atoms with Crippen LogP contribution in [-0.4, -0.2) is 41.7 Å². The average Bonchev–Trinajstić information content (AvgIpc) is 3.44. The van der Waals surface area contributed by atoms with Crippen molar-refractivity contribution in [2.45, 2.75) is 32.0 Å². The molecule has 0 spiro atoms. The first-order chi connectivity index (χ1) is 14.1. The van der Waals surface area contributed by atoms with Gasteiger partial charge in [-0.15, -0.1) is 0 Å². The van der Waals surface area contributed by atoms with Crippen LogP contribution in [0, 0.1) is 5.82 Å². The van der Waals surface area contributed by atoms with Crippen LogP contribution in [0.1, 0.15) is 40.7 Å². The molecule has 0 radical (unpaired) electrons. The molecule has 1 saturated heterocycles. The van der Waals surface area contributed by atoms with E-state index in [2.05, 4.69) is 5.16 Å². The summed E-state index contributed by atoms with van der Waals surface area (Å²) in [5, 5.41) is 3.88. The van der Waals surface area contributed by atoms with Gasteiger partial charge in [-0.05, 0) is 42.7 Å². The van der Waals surface area contributed by atoms with Crippen LogP contribution in [0.5, 0.6) is 0 Å². The molecule has 2 aromatic carbocycles. The van der Waals surface area contributed by atoms with E-state index in [9.17, 15) is 14.0 Å². The first-order valence-corrected chi connectivity index (χ1v) is 9.63. The van der Waals surface area contributed by atoms with Gasteiger partial charge in [0.25, 0.3) is 5.91 Å². The highest BCUT2D eigenvalue weighted by Crippen LogP contribution is 2.19. The van der Waals surface area contributed by atoms with Gasteiger partial charge in [-0.3, -0.25) is 4.79 Å². The van der Waals surface area contributed by atoms with Gasteiger partial charge in [0.2, 0.25) is 6.10 Å². The zero-order valence-corrected chi connectivity index (χ0v) is 15.8. The first kappa shape index (κ1) is 19.1. The Bertz CT molecular complexity index is 936. The molecule has 6 nitrogen and oxygen atoms in total. The second-order valence-electron chi connectivity index (χ2n) is 7.15. The number of nitrogens with zero attached hydrogens (tertiary/aromatic N) is 2. The summed E-state index contributed by atoms with van der Waals surface area (Å²) in [5.74, 6) is -0.868. The molecule has 2 aromatic rings. The Morgan fingerprint density at radius 3 is 2.62 bits per heavy atom. The summed E-state index contributed by atoms with van der Waals surface area (Å²) in [7, 11) is 0. The molecule has 2 aliphatic heterocycles. The number of hydrogen-bond acceptors (Lipinski definition) is 5. The molecule has 1 unspecified atom stereocenters. The number of benzene rings is 2. The van der Waals surface area contributed by atoms with Crippen molar-refractivity contribution in [3.8, 4) is 0 Å². The largest absolute Gasteiger partial charge is 0.458 e. The highest BCUT2D eigenvalue weighted by molar-refractivity contribution is 6.03. The predicted molar refractivity (Wildman–Crippen MR) is 104 cm³/mol. The first-order valence-electron chi connectivity index (χ1n) is 9.63. The third kappa shape index (κ3) is 4.45. The van der Waals surface area contributed by atoms with Crippen molar-refractivity contribution < 1.29 is 23.6 Å². The van der Waals surface area contributed by atoms with Crippen molar-refractivity contribution in [3.63, 3.8) is 0 Å². The zero-order chi connectivity index (χ0) is 20.2. The lowest BCUT2D eigenvalue weighted by Crippen LogP contribution is -2.27. The number of carbonyl (C=O) groups excluding carboxylic acids is 2. The van der Waals surface area contributed by atoms with Gasteiger partial charge < -0.3 is 14.5 Å². The molecule has 1 amide bonds. The lowest BCUT2D eigenvalue weighted by molar-refractivity contribution is -0.156. The molecule has 7 heteroatoms. The van der Waals surface area contributed by atoms with Gasteiger partial charge in [-0.2, -0.15) is 0 Å². The SMILES string of the molecule is O=C(OCc1ccc(C(=O)N2CCCC2)cc1)C1CC(c2cccc(F)c2)=NO1. The lowest BCUT2D eigenvalue weighted by atomic mass is 10.1. The van der Waals surface area contributed by atoms with E-state index in [1.807, 2.05) is 4.90 Å². The van der Waals surface area contributed by atoms with E-state index < -0.39 is 12.1 Å². The fraction of sp³-hybridized carbons (Fsp3) is 0.318. The second kappa shape index (κ2) is 8.43. The number of oxime groups is 1. The Morgan fingerprint density at radius 2 is 1.90 bits per heavy atom. The number of amides is 1. The molecule has 0 saturated carbocycles. The van der Waals surface area contributed by atoms with Gasteiger partial charge in [-0.1, -0.05) is 29.4 Å². The number of esters is 1. The fourth-order valence-electron chi connectivity index (χ4n) is 3.44. The van der Waals surface area contributed by atoms with Crippen molar-refractivity contribution >= 4 is 17.6 Å². The average molecular weight is 396 g/mol. The van der Waals surface area contributed by atoms with E-state index >= 15 is 0 Å². The summed E-state index contributed by atoms with van der Waals surface area (Å²) in [6.07, 6.45) is 1.48. The summed E-state index contributed by atoms with van der Waals surface area (Å²) >= 11 is 0. The molecule has 0 aliphatic carbocycles. The van der Waals surface area contributed by atoms with E-state index in [-0.39, 0.29) is 24.8 Å². The van der Waals surface area contributed by atoms with E-state index in [1.54, 1.807) is 36.4 Å². The topological polar surface area (TPSA) is 68.2 Å². The predicted octanol–water partition coefficient (Wildman–Crippen LogP) is 3.30. The van der Waals surface area contributed by atoms with Crippen molar-refractivity contribution in [1.29, 1.82) is 0 Å². The number of carbonyl (C=O) groups is 2. The summed E-state index contributed by atoms with van der Waals surface area (Å²) in [4.78, 5) is 31.6. The maximum Gasteiger partial charge on any atom is 0.350 e. The molecule has 29 heavy (non-hydrogen) atoms. The normalized spacial score (nSPS) is 18.3. The number of rotatable bonds is 5. The van der Waals surface area contributed by atoms with Crippen LogP contribution in [0.25, 0.3) is 0 Å². The fourth-order valence-corrected chi connectivity index (χ4v) is 3.44. The van der Waals surface area contributed by atoms with Crippen molar-refractivity contribution in [2.24, 2.45) is 5.16 Å². The zero-order valence-electron chi connectivity index (χ0n) is 15.8. The molecular weight excluding hydrogens is 375 g/mol. The van der Waals surface area contributed by atoms with E-state index in [0.717, 1.165) is 31.5 Å². The lowest BCUT2D eigenvalue weighted by Gasteiger charge is -2.15. The Kier molecular flexibility index (Phi) is 5.55. The summed E-state index contributed by atoms with van der Waals surface area (Å²) in [6.45, 7) is 1.69. The monoisotopic (exact) mass is 396 g/mol. The van der Waals surface area contributed by atoms with Crippen LogP contribution in [0.4, 0.5) is 4.39 Å².